The Kier molecular flexibility index (Phi) is 6.19. The average molecular weight is 406 g/mol. The van der Waals surface area contributed by atoms with Gasteiger partial charge in [0.2, 0.25) is 0 Å². The number of nitrogens with zero attached hydrogens (tertiary/aromatic N) is 2. The molecule has 2 N–H and O–H groups in total. The third-order valence-corrected chi connectivity index (χ3v) is 4.86. The minimum Gasteiger partial charge on any atom is -0.507 e. The van der Waals surface area contributed by atoms with Gasteiger partial charge in [-0.15, -0.1) is 0 Å². The number of para-hydroxylation sites is 2. The van der Waals surface area contributed by atoms with Gasteiger partial charge in [-0.25, -0.2) is 0 Å². The molecule has 0 radical (unpaired) electrons. The van der Waals surface area contributed by atoms with E-state index in [9.17, 15) is 10.2 Å². The second-order valence-corrected chi connectivity index (χ2v) is 7.14. The Bertz CT molecular complexity index is 1110. The molecule has 4 aromatic rings. The van der Waals surface area contributed by atoms with E-state index in [1.807, 2.05) is 48.5 Å². The van der Waals surface area contributed by atoms with Crippen LogP contribution in [-0.2, 0) is 6.42 Å². The van der Waals surface area contributed by atoms with Crippen molar-refractivity contribution in [3.8, 4) is 11.5 Å². The van der Waals surface area contributed by atoms with Crippen LogP contribution >= 0.6 is 0 Å². The Balaban J connectivity index is 1.38. The van der Waals surface area contributed by atoms with E-state index < -0.39 is 0 Å². The molecule has 0 atom stereocenters. The summed E-state index contributed by atoms with van der Waals surface area (Å²) in [6.45, 7) is 0. The summed E-state index contributed by atoms with van der Waals surface area (Å²) in [7, 11) is 0. The van der Waals surface area contributed by atoms with Crippen molar-refractivity contribution in [2.75, 3.05) is 0 Å². The number of phenols is 2. The Hall–Kier alpha value is -4.18. The maximum Gasteiger partial charge on any atom is 0.124 e. The normalized spacial score (nSPS) is 11.4. The van der Waals surface area contributed by atoms with Crippen LogP contribution in [0.1, 0.15) is 22.3 Å². The maximum atomic E-state index is 9.81. The molecule has 4 aromatic carbocycles. The summed E-state index contributed by atoms with van der Waals surface area (Å²) < 4.78 is 0. The molecule has 0 aliphatic carbocycles. The molecule has 0 aliphatic heterocycles. The van der Waals surface area contributed by atoms with Crippen molar-refractivity contribution in [2.45, 2.75) is 6.42 Å². The fourth-order valence-electron chi connectivity index (χ4n) is 3.12. The fourth-order valence-corrected chi connectivity index (χ4v) is 3.12. The molecule has 0 fully saturated rings. The predicted molar refractivity (Wildman–Crippen MR) is 126 cm³/mol. The van der Waals surface area contributed by atoms with Gasteiger partial charge in [0.15, 0.2) is 0 Å². The average Bonchev–Trinajstić information content (AvgIpc) is 2.80. The van der Waals surface area contributed by atoms with Crippen LogP contribution in [0.15, 0.2) is 107 Å². The van der Waals surface area contributed by atoms with Gasteiger partial charge in [-0.2, -0.15) is 0 Å². The topological polar surface area (TPSA) is 65.2 Å². The second kappa shape index (κ2) is 9.55. The third-order valence-electron chi connectivity index (χ3n) is 4.86. The summed E-state index contributed by atoms with van der Waals surface area (Å²) in [5.74, 6) is 0.437. The molecule has 4 nitrogen and oxygen atoms in total. The van der Waals surface area contributed by atoms with Gasteiger partial charge in [-0.05, 0) is 66.1 Å². The Morgan fingerprint density at radius 1 is 0.516 bits per heavy atom. The zero-order valence-corrected chi connectivity index (χ0v) is 16.9. The van der Waals surface area contributed by atoms with Crippen molar-refractivity contribution in [3.63, 3.8) is 0 Å². The molecule has 0 unspecified atom stereocenters. The van der Waals surface area contributed by atoms with Gasteiger partial charge in [-0.1, -0.05) is 48.5 Å². The van der Waals surface area contributed by atoms with E-state index in [1.54, 1.807) is 36.7 Å². The largest absolute Gasteiger partial charge is 0.507 e. The van der Waals surface area contributed by atoms with Gasteiger partial charge >= 0.3 is 0 Å². The van der Waals surface area contributed by atoms with Crippen molar-refractivity contribution in [1.29, 1.82) is 0 Å². The van der Waals surface area contributed by atoms with Crippen LogP contribution in [-0.4, -0.2) is 22.6 Å². The quantitative estimate of drug-likeness (QED) is 0.375. The van der Waals surface area contributed by atoms with Crippen molar-refractivity contribution in [3.05, 3.63) is 119 Å². The Labute approximate surface area is 181 Å². The molecular formula is C27H22N2O2. The van der Waals surface area contributed by atoms with E-state index in [0.717, 1.165) is 17.8 Å². The number of aromatic hydroxyl groups is 2. The van der Waals surface area contributed by atoms with Crippen molar-refractivity contribution < 1.29 is 10.2 Å². The molecule has 4 heteroatoms. The minimum absolute atomic E-state index is 0.219. The van der Waals surface area contributed by atoms with Crippen molar-refractivity contribution >= 4 is 23.8 Å². The number of hydrogen-bond donors (Lipinski definition) is 2. The fraction of sp³-hybridized carbons (Fsp3) is 0.0370. The maximum absolute atomic E-state index is 9.81. The highest BCUT2D eigenvalue weighted by atomic mass is 16.3. The highest BCUT2D eigenvalue weighted by Crippen LogP contribution is 2.20. The number of aliphatic imine (C=N–C) groups is 2. The van der Waals surface area contributed by atoms with Crippen LogP contribution in [0.4, 0.5) is 11.4 Å². The molecule has 0 saturated heterocycles. The number of rotatable bonds is 6. The highest BCUT2D eigenvalue weighted by molar-refractivity contribution is 5.85. The first kappa shape index (κ1) is 20.1. The van der Waals surface area contributed by atoms with Crippen molar-refractivity contribution in [2.24, 2.45) is 9.98 Å². The Morgan fingerprint density at radius 2 is 0.903 bits per heavy atom. The molecule has 31 heavy (non-hydrogen) atoms. The molecule has 0 aromatic heterocycles. The molecule has 152 valence electrons. The van der Waals surface area contributed by atoms with E-state index in [0.29, 0.717) is 11.1 Å². The first-order valence-corrected chi connectivity index (χ1v) is 9.99. The van der Waals surface area contributed by atoms with Crippen LogP contribution in [0.5, 0.6) is 11.5 Å². The highest BCUT2D eigenvalue weighted by Gasteiger charge is 2.00. The monoisotopic (exact) mass is 406 g/mol. The molecule has 4 rings (SSSR count). The van der Waals surface area contributed by atoms with Crippen molar-refractivity contribution in [1.82, 2.24) is 0 Å². The smallest absolute Gasteiger partial charge is 0.124 e. The van der Waals surface area contributed by atoms with Gasteiger partial charge in [0.1, 0.15) is 11.5 Å². The van der Waals surface area contributed by atoms with E-state index in [-0.39, 0.29) is 11.5 Å². The summed E-state index contributed by atoms with van der Waals surface area (Å²) in [6.07, 6.45) is 4.14. The van der Waals surface area contributed by atoms with Crippen LogP contribution in [0.2, 0.25) is 0 Å². The molecule has 0 spiro atoms. The lowest BCUT2D eigenvalue weighted by molar-refractivity contribution is 0.474. The standard InChI is InChI=1S/C27H22N2O2/c30-26-7-3-1-5-22(26)18-28-24-13-9-20(10-14-24)17-21-11-15-25(16-12-21)29-19-23-6-2-4-8-27(23)31/h1-16,18-19,30-31H,17H2/b28-18+,29-19+. The SMILES string of the molecule is Oc1ccccc1/C=N/c1ccc(Cc2ccc(/N=C/c3ccccc3O)cc2)cc1. The van der Waals surface area contributed by atoms with Gasteiger partial charge in [0.05, 0.1) is 11.4 Å². The first-order chi connectivity index (χ1) is 15.2. The van der Waals surface area contributed by atoms with Crippen LogP contribution in [0, 0.1) is 0 Å². The Morgan fingerprint density at radius 3 is 1.29 bits per heavy atom. The molecule has 0 heterocycles. The first-order valence-electron chi connectivity index (χ1n) is 9.99. The lowest BCUT2D eigenvalue weighted by atomic mass is 10.0. The van der Waals surface area contributed by atoms with Crippen LogP contribution in [0.3, 0.4) is 0 Å². The van der Waals surface area contributed by atoms with E-state index in [1.165, 1.54) is 11.1 Å². The third kappa shape index (κ3) is 5.46. The van der Waals surface area contributed by atoms with Gasteiger partial charge < -0.3 is 10.2 Å². The summed E-state index contributed by atoms with van der Waals surface area (Å²) in [5.41, 5.74) is 5.43. The number of benzene rings is 4. The molecule has 0 bridgehead atoms. The minimum atomic E-state index is 0.219. The van der Waals surface area contributed by atoms with E-state index >= 15 is 0 Å². The predicted octanol–water partition coefficient (Wildman–Crippen LogP) is 6.19. The lowest BCUT2D eigenvalue weighted by Crippen LogP contribution is -1.87. The van der Waals surface area contributed by atoms with Gasteiger partial charge in [-0.3, -0.25) is 9.98 Å². The molecule has 0 saturated carbocycles. The van der Waals surface area contributed by atoms with Gasteiger partial charge in [0.25, 0.3) is 0 Å². The van der Waals surface area contributed by atoms with E-state index in [2.05, 4.69) is 34.3 Å². The summed E-state index contributed by atoms with van der Waals surface area (Å²) in [6, 6.07) is 30.3. The zero-order valence-electron chi connectivity index (χ0n) is 16.9. The zero-order chi connectivity index (χ0) is 21.5. The van der Waals surface area contributed by atoms with E-state index in [4.69, 9.17) is 0 Å². The summed E-state index contributed by atoms with van der Waals surface area (Å²) in [4.78, 5) is 8.86. The van der Waals surface area contributed by atoms with Crippen LogP contribution < -0.4 is 0 Å². The number of phenolic OH excluding ortho intramolecular Hbond substituents is 2. The van der Waals surface area contributed by atoms with Crippen LogP contribution in [0.25, 0.3) is 0 Å². The molecule has 0 aliphatic rings. The lowest BCUT2D eigenvalue weighted by Gasteiger charge is -2.04. The second-order valence-electron chi connectivity index (χ2n) is 7.14. The number of hydrogen-bond acceptors (Lipinski definition) is 4. The molecular weight excluding hydrogens is 384 g/mol. The summed E-state index contributed by atoms with van der Waals surface area (Å²) in [5, 5.41) is 19.6. The summed E-state index contributed by atoms with van der Waals surface area (Å²) >= 11 is 0. The molecule has 0 amide bonds. The van der Waals surface area contributed by atoms with Gasteiger partial charge in [0, 0.05) is 23.6 Å².